The molecule has 72 valence electrons. The van der Waals surface area contributed by atoms with E-state index in [1.54, 1.807) is 12.3 Å². The third-order valence-corrected chi connectivity index (χ3v) is 1.63. The van der Waals surface area contributed by atoms with Crippen molar-refractivity contribution in [2.45, 2.75) is 13.0 Å². The molecule has 0 fully saturated rings. The highest BCUT2D eigenvalue weighted by molar-refractivity contribution is 5.19. The van der Waals surface area contributed by atoms with Gasteiger partial charge in [0.05, 0.1) is 6.61 Å². The summed E-state index contributed by atoms with van der Waals surface area (Å²) < 4.78 is 5.09. The summed E-state index contributed by atoms with van der Waals surface area (Å²) >= 11 is 0. The molecule has 0 saturated carbocycles. The quantitative estimate of drug-likeness (QED) is 0.710. The smallest absolute Gasteiger partial charge is 0.213 e. The Bertz CT molecular complexity index is 246. The number of aliphatic hydroxyl groups excluding tert-OH is 1. The van der Waals surface area contributed by atoms with Crippen LogP contribution in [0.3, 0.4) is 0 Å². The number of pyridine rings is 1. The number of aliphatic hydroxyl groups is 1. The van der Waals surface area contributed by atoms with Gasteiger partial charge in [-0.05, 0) is 12.5 Å². The molecule has 1 aromatic rings. The normalized spacial score (nSPS) is 12.5. The fraction of sp³-hybridized carbons (Fsp3) is 0.444. The average molecular weight is 182 g/mol. The minimum atomic E-state index is -0.0145. The van der Waals surface area contributed by atoms with Crippen molar-refractivity contribution in [3.8, 4) is 5.88 Å². The van der Waals surface area contributed by atoms with Gasteiger partial charge >= 0.3 is 0 Å². The standard InChI is InChI=1S/C9H14N2O2/c1-7(10)8-2-3-9(11-6-8)13-5-4-12/h2-3,6-7,12H,4-5,10H2,1H3. The molecule has 0 aromatic carbocycles. The van der Waals surface area contributed by atoms with Crippen LogP contribution in [0.25, 0.3) is 0 Å². The minimum Gasteiger partial charge on any atom is -0.475 e. The molecule has 0 spiro atoms. The molecule has 0 bridgehead atoms. The number of aromatic nitrogens is 1. The van der Waals surface area contributed by atoms with Crippen LogP contribution in [0.1, 0.15) is 18.5 Å². The van der Waals surface area contributed by atoms with Crippen LogP contribution in [0.4, 0.5) is 0 Å². The maximum atomic E-state index is 8.50. The van der Waals surface area contributed by atoms with Gasteiger partial charge in [-0.3, -0.25) is 0 Å². The van der Waals surface area contributed by atoms with Gasteiger partial charge in [0.25, 0.3) is 0 Å². The lowest BCUT2D eigenvalue weighted by atomic mass is 10.2. The van der Waals surface area contributed by atoms with Crippen molar-refractivity contribution in [3.63, 3.8) is 0 Å². The van der Waals surface area contributed by atoms with E-state index in [1.165, 1.54) is 0 Å². The maximum Gasteiger partial charge on any atom is 0.213 e. The van der Waals surface area contributed by atoms with Crippen molar-refractivity contribution in [1.82, 2.24) is 4.98 Å². The van der Waals surface area contributed by atoms with Gasteiger partial charge in [0.15, 0.2) is 0 Å². The Morgan fingerprint density at radius 1 is 1.62 bits per heavy atom. The van der Waals surface area contributed by atoms with Crippen LogP contribution < -0.4 is 10.5 Å². The zero-order chi connectivity index (χ0) is 9.68. The number of nitrogens with zero attached hydrogens (tertiary/aromatic N) is 1. The number of nitrogens with two attached hydrogens (primary N) is 1. The Kier molecular flexibility index (Phi) is 3.67. The summed E-state index contributed by atoms with van der Waals surface area (Å²) in [6.45, 7) is 2.16. The molecular formula is C9H14N2O2. The Balaban J connectivity index is 2.59. The minimum absolute atomic E-state index is 0.00325. The van der Waals surface area contributed by atoms with Gasteiger partial charge in [-0.15, -0.1) is 0 Å². The molecule has 0 aliphatic rings. The molecule has 1 unspecified atom stereocenters. The van der Waals surface area contributed by atoms with Crippen LogP contribution in [0, 0.1) is 0 Å². The van der Waals surface area contributed by atoms with E-state index < -0.39 is 0 Å². The first kappa shape index (κ1) is 9.95. The van der Waals surface area contributed by atoms with E-state index in [4.69, 9.17) is 15.6 Å². The van der Waals surface area contributed by atoms with Gasteiger partial charge in [0.1, 0.15) is 6.61 Å². The largest absolute Gasteiger partial charge is 0.475 e. The fourth-order valence-corrected chi connectivity index (χ4v) is 0.897. The summed E-state index contributed by atoms with van der Waals surface area (Å²) in [4.78, 5) is 4.02. The van der Waals surface area contributed by atoms with E-state index in [0.29, 0.717) is 5.88 Å². The topological polar surface area (TPSA) is 68.4 Å². The van der Waals surface area contributed by atoms with Crippen LogP contribution in [-0.2, 0) is 0 Å². The van der Waals surface area contributed by atoms with E-state index in [9.17, 15) is 0 Å². The summed E-state index contributed by atoms with van der Waals surface area (Å²) in [7, 11) is 0. The Morgan fingerprint density at radius 3 is 2.85 bits per heavy atom. The van der Waals surface area contributed by atoms with Crippen LogP contribution in [0.15, 0.2) is 18.3 Å². The second-order valence-electron chi connectivity index (χ2n) is 2.79. The SMILES string of the molecule is CC(N)c1ccc(OCCO)nc1. The molecule has 0 aliphatic heterocycles. The number of hydrogen-bond donors (Lipinski definition) is 2. The third kappa shape index (κ3) is 3.01. The fourth-order valence-electron chi connectivity index (χ4n) is 0.897. The van der Waals surface area contributed by atoms with Gasteiger partial charge in [0, 0.05) is 18.3 Å². The predicted octanol–water partition coefficient (Wildman–Crippen LogP) is 0.472. The molecule has 0 aliphatic carbocycles. The monoisotopic (exact) mass is 182 g/mol. The summed E-state index contributed by atoms with van der Waals surface area (Å²) in [6.07, 6.45) is 1.68. The highest BCUT2D eigenvalue weighted by Gasteiger charge is 2.00. The highest BCUT2D eigenvalue weighted by atomic mass is 16.5. The van der Waals surface area contributed by atoms with Gasteiger partial charge < -0.3 is 15.6 Å². The van der Waals surface area contributed by atoms with Gasteiger partial charge in [0.2, 0.25) is 5.88 Å². The molecule has 13 heavy (non-hydrogen) atoms. The second kappa shape index (κ2) is 4.79. The first-order chi connectivity index (χ1) is 6.24. The zero-order valence-corrected chi connectivity index (χ0v) is 7.60. The average Bonchev–Trinajstić information content (AvgIpc) is 2.15. The van der Waals surface area contributed by atoms with E-state index in [-0.39, 0.29) is 19.3 Å². The van der Waals surface area contributed by atoms with E-state index in [2.05, 4.69) is 4.98 Å². The summed E-state index contributed by atoms with van der Waals surface area (Å²) in [5.74, 6) is 0.512. The first-order valence-corrected chi connectivity index (χ1v) is 4.19. The van der Waals surface area contributed by atoms with Crippen molar-refractivity contribution < 1.29 is 9.84 Å². The Labute approximate surface area is 77.4 Å². The van der Waals surface area contributed by atoms with Crippen molar-refractivity contribution in [3.05, 3.63) is 23.9 Å². The summed E-state index contributed by atoms with van der Waals surface area (Å²) in [5, 5.41) is 8.50. The lowest BCUT2D eigenvalue weighted by Crippen LogP contribution is -2.06. The molecule has 1 atom stereocenters. The highest BCUT2D eigenvalue weighted by Crippen LogP contribution is 2.11. The molecule has 0 saturated heterocycles. The van der Waals surface area contributed by atoms with Crippen molar-refractivity contribution >= 4 is 0 Å². The summed E-state index contributed by atoms with van der Waals surface area (Å²) in [6, 6.07) is 3.60. The van der Waals surface area contributed by atoms with E-state index in [0.717, 1.165) is 5.56 Å². The van der Waals surface area contributed by atoms with Gasteiger partial charge in [-0.2, -0.15) is 0 Å². The van der Waals surface area contributed by atoms with E-state index in [1.807, 2.05) is 13.0 Å². The van der Waals surface area contributed by atoms with Crippen LogP contribution in [0.2, 0.25) is 0 Å². The molecular weight excluding hydrogens is 168 g/mol. The first-order valence-electron chi connectivity index (χ1n) is 4.19. The van der Waals surface area contributed by atoms with Crippen molar-refractivity contribution in [1.29, 1.82) is 0 Å². The number of rotatable bonds is 4. The van der Waals surface area contributed by atoms with Crippen molar-refractivity contribution in [2.24, 2.45) is 5.73 Å². The van der Waals surface area contributed by atoms with Crippen LogP contribution in [0.5, 0.6) is 5.88 Å². The maximum absolute atomic E-state index is 8.50. The third-order valence-electron chi connectivity index (χ3n) is 1.63. The Morgan fingerprint density at radius 2 is 2.38 bits per heavy atom. The molecule has 4 heteroatoms. The zero-order valence-electron chi connectivity index (χ0n) is 7.60. The predicted molar refractivity (Wildman–Crippen MR) is 49.4 cm³/mol. The van der Waals surface area contributed by atoms with Gasteiger partial charge in [-0.1, -0.05) is 6.07 Å². The molecule has 1 heterocycles. The number of hydrogen-bond acceptors (Lipinski definition) is 4. The van der Waals surface area contributed by atoms with Gasteiger partial charge in [-0.25, -0.2) is 4.98 Å². The molecule has 3 N–H and O–H groups in total. The van der Waals surface area contributed by atoms with E-state index >= 15 is 0 Å². The lowest BCUT2D eigenvalue weighted by molar-refractivity contribution is 0.196. The summed E-state index contributed by atoms with van der Waals surface area (Å²) in [5.41, 5.74) is 6.61. The van der Waals surface area contributed by atoms with Crippen molar-refractivity contribution in [2.75, 3.05) is 13.2 Å². The van der Waals surface area contributed by atoms with Crippen LogP contribution >= 0.6 is 0 Å². The molecule has 0 amide bonds. The van der Waals surface area contributed by atoms with Crippen LogP contribution in [-0.4, -0.2) is 23.3 Å². The molecule has 0 radical (unpaired) electrons. The Hall–Kier alpha value is -1.13. The lowest BCUT2D eigenvalue weighted by Gasteiger charge is -2.06. The molecule has 1 rings (SSSR count). The second-order valence-corrected chi connectivity index (χ2v) is 2.79. The number of ether oxygens (including phenoxy) is 1. The molecule has 4 nitrogen and oxygen atoms in total. The molecule has 1 aromatic heterocycles.